The van der Waals surface area contributed by atoms with Gasteiger partial charge in [0.2, 0.25) is 0 Å². The first-order chi connectivity index (χ1) is 6.00. The predicted octanol–water partition coefficient (Wildman–Crippen LogP) is 3.65. The van der Waals surface area contributed by atoms with E-state index in [2.05, 4.69) is 6.92 Å². The summed E-state index contributed by atoms with van der Waals surface area (Å²) in [7, 11) is 0. The molecular formula is C12H15Ru. The van der Waals surface area contributed by atoms with Crippen LogP contribution in [0.25, 0.3) is 0 Å². The van der Waals surface area contributed by atoms with Crippen molar-refractivity contribution in [3.8, 4) is 0 Å². The third-order valence-electron chi connectivity index (χ3n) is 1.11. The number of hydrogen-bond donors (Lipinski definition) is 0. The molecule has 0 bridgehead atoms. The van der Waals surface area contributed by atoms with Crippen LogP contribution in [0.5, 0.6) is 0 Å². The monoisotopic (exact) mass is 261 g/mol. The first-order valence-corrected chi connectivity index (χ1v) is 4.04. The van der Waals surface area contributed by atoms with E-state index in [1.165, 1.54) is 0 Å². The van der Waals surface area contributed by atoms with Gasteiger partial charge < -0.3 is 6.92 Å². The Labute approximate surface area is 94.1 Å². The van der Waals surface area contributed by atoms with Gasteiger partial charge in [0.25, 0.3) is 0 Å². The van der Waals surface area contributed by atoms with Crippen LogP contribution >= 0.6 is 0 Å². The minimum Gasteiger partial charge on any atom is -0.346 e. The fourth-order valence-corrected chi connectivity index (χ4v) is 0.642. The third-order valence-corrected chi connectivity index (χ3v) is 1.11. The molecule has 0 unspecified atom stereocenters. The van der Waals surface area contributed by atoms with Crippen molar-refractivity contribution in [3.05, 3.63) is 67.6 Å². The maximum absolute atomic E-state index is 3.25. The van der Waals surface area contributed by atoms with Gasteiger partial charge in [-0.1, -0.05) is 0 Å². The summed E-state index contributed by atoms with van der Waals surface area (Å²) in [6, 6.07) is 20.0. The Bertz CT molecular complexity index is 144. The van der Waals surface area contributed by atoms with E-state index in [0.717, 1.165) is 0 Å². The van der Waals surface area contributed by atoms with Gasteiger partial charge >= 0.3 is 19.5 Å². The zero-order chi connectivity index (χ0) is 9.07. The zero-order valence-corrected chi connectivity index (χ0v) is 9.57. The molecule has 71 valence electrons. The molecule has 0 spiro atoms. The van der Waals surface area contributed by atoms with Gasteiger partial charge in [0.1, 0.15) is 0 Å². The summed E-state index contributed by atoms with van der Waals surface area (Å²) >= 11 is 0. The minimum atomic E-state index is 0. The van der Waals surface area contributed by atoms with Crippen LogP contribution in [0.2, 0.25) is 0 Å². The summed E-state index contributed by atoms with van der Waals surface area (Å²) < 4.78 is 0. The molecule has 2 aromatic rings. The Morgan fingerprint density at radius 1 is 0.692 bits per heavy atom. The Balaban J connectivity index is 0. The first kappa shape index (κ1) is 14.8. The molecule has 2 aromatic carbocycles. The van der Waals surface area contributed by atoms with Crippen LogP contribution in [0.15, 0.2) is 60.7 Å². The summed E-state index contributed by atoms with van der Waals surface area (Å²) in [5.41, 5.74) is 0. The molecule has 0 aliphatic rings. The smallest absolute Gasteiger partial charge is 0.346 e. The van der Waals surface area contributed by atoms with Crippen molar-refractivity contribution in [1.29, 1.82) is 0 Å². The van der Waals surface area contributed by atoms with Gasteiger partial charge in [-0.25, -0.2) is 24.3 Å². The topological polar surface area (TPSA) is 0 Å². The van der Waals surface area contributed by atoms with Gasteiger partial charge in [0.15, 0.2) is 0 Å². The van der Waals surface area contributed by atoms with Gasteiger partial charge in [-0.15, -0.1) is 0 Å². The second-order valence-corrected chi connectivity index (χ2v) is 1.92. The number of rotatable bonds is 0. The maximum atomic E-state index is 3.25. The van der Waals surface area contributed by atoms with Gasteiger partial charge in [-0.2, -0.15) is 43.3 Å². The molecule has 0 heterocycles. The molecule has 0 amide bonds. The molecule has 1 heteroatoms. The quantitative estimate of drug-likeness (QED) is 0.501. The van der Waals surface area contributed by atoms with E-state index in [0.29, 0.717) is 0 Å². The van der Waals surface area contributed by atoms with Gasteiger partial charge in [-0.3, -0.25) is 0 Å². The third kappa shape index (κ3) is 11.3. The van der Waals surface area contributed by atoms with Crippen molar-refractivity contribution in [2.45, 2.75) is 6.92 Å². The fraction of sp³-hybridized carbons (Fsp3) is 0.0833. The molecule has 13 heavy (non-hydrogen) atoms. The average molecular weight is 260 g/mol. The Morgan fingerprint density at radius 2 is 0.923 bits per heavy atom. The molecule has 1 radical (unpaired) electrons. The van der Waals surface area contributed by atoms with E-state index in [1.807, 2.05) is 60.7 Å². The Kier molecular flexibility index (Phi) is 15.8. The molecular weight excluding hydrogens is 245 g/mol. The van der Waals surface area contributed by atoms with Crippen LogP contribution in [-0.4, -0.2) is 0 Å². The molecule has 0 aliphatic carbocycles. The van der Waals surface area contributed by atoms with Crippen LogP contribution in [0.3, 0.4) is 0 Å². The molecule has 0 aliphatic heterocycles. The molecule has 0 saturated heterocycles. The van der Waals surface area contributed by atoms with Crippen LogP contribution in [0, 0.1) is 6.92 Å². The molecule has 0 atom stereocenters. The van der Waals surface area contributed by atoms with E-state index < -0.39 is 0 Å². The molecule has 0 saturated carbocycles. The van der Waals surface area contributed by atoms with Crippen molar-refractivity contribution < 1.29 is 19.5 Å². The summed E-state index contributed by atoms with van der Waals surface area (Å²) in [4.78, 5) is 0. The van der Waals surface area contributed by atoms with E-state index in [4.69, 9.17) is 0 Å². The predicted molar refractivity (Wildman–Crippen MR) is 55.1 cm³/mol. The molecule has 2 rings (SSSR count). The second kappa shape index (κ2) is 13.9. The van der Waals surface area contributed by atoms with Crippen molar-refractivity contribution in [2.24, 2.45) is 0 Å². The van der Waals surface area contributed by atoms with E-state index >= 15 is 0 Å². The van der Waals surface area contributed by atoms with E-state index in [-0.39, 0.29) is 19.5 Å². The molecule has 0 fully saturated rings. The first-order valence-electron chi connectivity index (χ1n) is 4.04. The Hall–Kier alpha value is -0.677. The van der Waals surface area contributed by atoms with Crippen molar-refractivity contribution in [1.82, 2.24) is 0 Å². The summed E-state index contributed by atoms with van der Waals surface area (Å²) in [5.74, 6) is 0. The maximum Gasteiger partial charge on any atom is 3.00 e. The SMILES string of the molecule is [CH2-]C.[Ru+3].c1cc[cH-]c1.c1cc[cH-]c1. The molecule has 0 N–H and O–H groups in total. The van der Waals surface area contributed by atoms with Crippen LogP contribution < -0.4 is 0 Å². The largest absolute Gasteiger partial charge is 3.00 e. The minimum absolute atomic E-state index is 0. The Morgan fingerprint density at radius 3 is 1.00 bits per heavy atom. The second-order valence-electron chi connectivity index (χ2n) is 1.92. The zero-order valence-electron chi connectivity index (χ0n) is 7.83. The summed E-state index contributed by atoms with van der Waals surface area (Å²) in [6.45, 7) is 5.00. The molecule has 0 nitrogen and oxygen atoms in total. The van der Waals surface area contributed by atoms with Crippen LogP contribution in [0.1, 0.15) is 6.92 Å². The van der Waals surface area contributed by atoms with E-state index in [9.17, 15) is 0 Å². The normalized spacial score (nSPS) is 6.62. The van der Waals surface area contributed by atoms with Crippen molar-refractivity contribution in [3.63, 3.8) is 0 Å². The summed E-state index contributed by atoms with van der Waals surface area (Å²) in [5, 5.41) is 0. The van der Waals surface area contributed by atoms with Gasteiger partial charge in [-0.05, 0) is 0 Å². The van der Waals surface area contributed by atoms with Gasteiger partial charge in [0, 0.05) is 0 Å². The number of hydrogen-bond acceptors (Lipinski definition) is 0. The van der Waals surface area contributed by atoms with Crippen molar-refractivity contribution in [2.75, 3.05) is 0 Å². The molecule has 0 aromatic heterocycles. The summed E-state index contributed by atoms with van der Waals surface area (Å²) in [6.07, 6.45) is 0. The standard InChI is InChI=1S/2C5H5.C2H5.Ru/c2*1-2-4-5-3-1;1-2;/h2*1-5H;1H2,2H3;/q3*-1;+3. The van der Waals surface area contributed by atoms with Crippen LogP contribution in [0.4, 0.5) is 0 Å². The van der Waals surface area contributed by atoms with Crippen molar-refractivity contribution >= 4 is 0 Å². The van der Waals surface area contributed by atoms with Crippen LogP contribution in [-0.2, 0) is 19.5 Å². The average Bonchev–Trinajstić information content (AvgIpc) is 2.87. The van der Waals surface area contributed by atoms with Gasteiger partial charge in [0.05, 0.1) is 0 Å². The fourth-order valence-electron chi connectivity index (χ4n) is 0.642. The van der Waals surface area contributed by atoms with E-state index in [1.54, 1.807) is 6.92 Å².